The van der Waals surface area contributed by atoms with Crippen molar-refractivity contribution in [2.75, 3.05) is 30.8 Å². The van der Waals surface area contributed by atoms with Crippen molar-refractivity contribution in [1.29, 1.82) is 0 Å². The number of benzene rings is 3. The molecule has 12 heteroatoms. The van der Waals surface area contributed by atoms with Crippen molar-refractivity contribution in [3.63, 3.8) is 0 Å². The van der Waals surface area contributed by atoms with E-state index in [9.17, 15) is 17.6 Å². The molecule has 6 rings (SSSR count). The van der Waals surface area contributed by atoms with Crippen molar-refractivity contribution in [2.45, 2.75) is 13.3 Å². The maximum absolute atomic E-state index is 15.5. The van der Waals surface area contributed by atoms with E-state index in [0.29, 0.717) is 27.6 Å². The second-order valence-corrected chi connectivity index (χ2v) is 12.6. The lowest BCUT2D eigenvalue weighted by Crippen LogP contribution is -2.31. The first kappa shape index (κ1) is 29.9. The Balaban J connectivity index is 1.63. The lowest BCUT2D eigenvalue weighted by atomic mass is 10.0. The van der Waals surface area contributed by atoms with Gasteiger partial charge in [-0.1, -0.05) is 42.0 Å². The number of aryl methyl sites for hydroxylation is 1. The average molecular weight is 630 g/mol. The number of furan rings is 1. The molecule has 0 bridgehead atoms. The number of anilines is 1. The van der Waals surface area contributed by atoms with E-state index in [1.54, 1.807) is 30.3 Å². The van der Waals surface area contributed by atoms with Gasteiger partial charge >= 0.3 is 0 Å². The Morgan fingerprint density at radius 3 is 2.47 bits per heavy atom. The van der Waals surface area contributed by atoms with Gasteiger partial charge in [0.05, 0.1) is 42.3 Å². The van der Waals surface area contributed by atoms with Crippen LogP contribution >= 0.6 is 0 Å². The van der Waals surface area contributed by atoms with Crippen LogP contribution in [0, 0.1) is 12.7 Å². The summed E-state index contributed by atoms with van der Waals surface area (Å²) in [5.41, 5.74) is 3.64. The summed E-state index contributed by atoms with van der Waals surface area (Å²) in [5, 5.41) is 3.44. The first-order valence-electron chi connectivity index (χ1n) is 14.1. The third-order valence-electron chi connectivity index (χ3n) is 7.55. The van der Waals surface area contributed by atoms with E-state index in [1.807, 2.05) is 31.2 Å². The molecular formula is C33H29F2N5O4S. The molecule has 0 aliphatic rings. The number of halogens is 2. The van der Waals surface area contributed by atoms with Crippen molar-refractivity contribution in [2.24, 2.45) is 0 Å². The Hall–Kier alpha value is -5.10. The van der Waals surface area contributed by atoms with Gasteiger partial charge in [-0.25, -0.2) is 17.8 Å². The van der Waals surface area contributed by atoms with Gasteiger partial charge in [-0.15, -0.1) is 0 Å². The van der Waals surface area contributed by atoms with E-state index in [-0.39, 0.29) is 52.4 Å². The van der Waals surface area contributed by atoms with Crippen LogP contribution in [0.5, 0.6) is 0 Å². The van der Waals surface area contributed by atoms with Crippen molar-refractivity contribution in [3.05, 3.63) is 90.0 Å². The number of nitrogens with zero attached hydrogens (tertiary/aromatic N) is 3. The second kappa shape index (κ2) is 11.8. The highest BCUT2D eigenvalue weighted by Crippen LogP contribution is 2.41. The van der Waals surface area contributed by atoms with Gasteiger partial charge in [-0.3, -0.25) is 18.5 Å². The first-order chi connectivity index (χ1) is 21.6. The zero-order valence-corrected chi connectivity index (χ0v) is 25.5. The number of H-pyrrole nitrogens is 1. The van der Waals surface area contributed by atoms with Crippen LogP contribution < -0.4 is 9.62 Å². The fraction of sp³-hybridized carbons (Fsp3) is 0.182. The smallest absolute Gasteiger partial charge is 0.255 e. The highest BCUT2D eigenvalue weighted by atomic mass is 32.2. The van der Waals surface area contributed by atoms with E-state index in [1.165, 1.54) is 25.5 Å². The van der Waals surface area contributed by atoms with Crippen molar-refractivity contribution in [1.82, 2.24) is 20.3 Å². The highest BCUT2D eigenvalue weighted by Gasteiger charge is 2.28. The summed E-state index contributed by atoms with van der Waals surface area (Å²) in [6, 6.07) is 17.4. The number of carbonyl (C=O) groups excluding carboxylic acids is 1. The average Bonchev–Trinajstić information content (AvgIpc) is 3.57. The number of aromatic nitrogens is 3. The molecule has 0 atom stereocenters. The SMILES string of the molecule is CNC(=O)c1c(-c2ccc(C)cc2)oc2cc(N(CCCF)S(C)(=O)=O)c(-c3cncc(-c4[nH]c5ccccc5c4F)n3)cc12. The van der Waals surface area contributed by atoms with Gasteiger partial charge in [0, 0.05) is 47.1 Å². The van der Waals surface area contributed by atoms with Crippen LogP contribution in [0.3, 0.4) is 0 Å². The Morgan fingerprint density at radius 1 is 1.04 bits per heavy atom. The fourth-order valence-corrected chi connectivity index (χ4v) is 6.34. The maximum Gasteiger partial charge on any atom is 0.255 e. The van der Waals surface area contributed by atoms with E-state index < -0.39 is 28.4 Å². The molecule has 0 aliphatic carbocycles. The quantitative estimate of drug-likeness (QED) is 0.185. The minimum atomic E-state index is -3.93. The molecule has 0 fully saturated rings. The van der Waals surface area contributed by atoms with Crippen LogP contribution in [0.2, 0.25) is 0 Å². The summed E-state index contributed by atoms with van der Waals surface area (Å²) < 4.78 is 62.3. The minimum Gasteiger partial charge on any atom is -0.455 e. The van der Waals surface area contributed by atoms with Gasteiger partial charge < -0.3 is 14.7 Å². The summed E-state index contributed by atoms with van der Waals surface area (Å²) in [5.74, 6) is -0.629. The third kappa shape index (κ3) is 5.53. The fourth-order valence-electron chi connectivity index (χ4n) is 5.37. The maximum atomic E-state index is 15.5. The molecule has 3 aromatic carbocycles. The molecule has 45 heavy (non-hydrogen) atoms. The van der Waals surface area contributed by atoms with Gasteiger partial charge in [0.25, 0.3) is 5.91 Å². The molecule has 3 aromatic heterocycles. The number of rotatable bonds is 9. The molecule has 0 unspecified atom stereocenters. The second-order valence-electron chi connectivity index (χ2n) is 10.6. The summed E-state index contributed by atoms with van der Waals surface area (Å²) in [6.45, 7) is 1.04. The molecule has 0 saturated carbocycles. The number of carbonyl (C=O) groups is 1. The lowest BCUT2D eigenvalue weighted by Gasteiger charge is -2.24. The Kier molecular flexibility index (Phi) is 7.83. The van der Waals surface area contributed by atoms with Gasteiger partial charge in [0.1, 0.15) is 22.7 Å². The number of hydrogen-bond donors (Lipinski definition) is 2. The van der Waals surface area contributed by atoms with Gasteiger partial charge in [0.15, 0.2) is 5.82 Å². The standard InChI is InChI=1S/C33H29F2N5O4S/c1-19-9-11-20(12-10-19)32-29(33(41)36-2)23-15-22(27(16-28(23)44-32)40(14-6-13-34)45(3,42)43)25-17-37-18-26(38-25)31-30(35)21-7-4-5-8-24(21)39-31/h4-5,7-12,15-18,39H,6,13-14H2,1-3H3,(H,36,41). The van der Waals surface area contributed by atoms with Crippen molar-refractivity contribution >= 4 is 43.5 Å². The van der Waals surface area contributed by atoms with Crippen molar-refractivity contribution < 1.29 is 26.4 Å². The third-order valence-corrected chi connectivity index (χ3v) is 8.73. The predicted molar refractivity (Wildman–Crippen MR) is 171 cm³/mol. The summed E-state index contributed by atoms with van der Waals surface area (Å²) in [7, 11) is -2.42. The van der Waals surface area contributed by atoms with Crippen LogP contribution in [-0.4, -0.2) is 55.8 Å². The zero-order valence-electron chi connectivity index (χ0n) is 24.7. The van der Waals surface area contributed by atoms with E-state index >= 15 is 4.39 Å². The number of para-hydroxylation sites is 1. The molecular weight excluding hydrogens is 600 g/mol. The van der Waals surface area contributed by atoms with Crippen LogP contribution in [0.1, 0.15) is 22.3 Å². The molecule has 6 aromatic rings. The number of amides is 1. The summed E-state index contributed by atoms with van der Waals surface area (Å²) in [4.78, 5) is 25.3. The first-order valence-corrected chi connectivity index (χ1v) is 16.0. The molecule has 230 valence electrons. The van der Waals surface area contributed by atoms with Gasteiger partial charge in [0.2, 0.25) is 10.0 Å². The van der Waals surface area contributed by atoms with Crippen LogP contribution in [0.15, 0.2) is 77.5 Å². The largest absolute Gasteiger partial charge is 0.455 e. The number of aromatic amines is 1. The molecule has 0 saturated heterocycles. The van der Waals surface area contributed by atoms with Crippen LogP contribution in [0.4, 0.5) is 14.5 Å². The van der Waals surface area contributed by atoms with E-state index in [2.05, 4.69) is 15.3 Å². The molecule has 1 amide bonds. The molecule has 2 N–H and O–H groups in total. The van der Waals surface area contributed by atoms with Gasteiger partial charge in [-0.05, 0) is 31.5 Å². The van der Waals surface area contributed by atoms with Crippen LogP contribution in [0.25, 0.3) is 55.8 Å². The number of fused-ring (bicyclic) bond motifs is 2. The lowest BCUT2D eigenvalue weighted by molar-refractivity contribution is 0.0964. The number of hydrogen-bond acceptors (Lipinski definition) is 6. The topological polar surface area (TPSA) is 121 Å². The molecule has 0 spiro atoms. The normalized spacial score (nSPS) is 11.8. The summed E-state index contributed by atoms with van der Waals surface area (Å²) >= 11 is 0. The predicted octanol–water partition coefficient (Wildman–Crippen LogP) is 6.64. The number of sulfonamides is 1. The molecule has 9 nitrogen and oxygen atoms in total. The van der Waals surface area contributed by atoms with Gasteiger partial charge in [-0.2, -0.15) is 0 Å². The zero-order chi connectivity index (χ0) is 31.9. The molecule has 3 heterocycles. The number of nitrogens with one attached hydrogen (secondary N) is 2. The Morgan fingerprint density at radius 2 is 1.78 bits per heavy atom. The van der Waals surface area contributed by atoms with Crippen molar-refractivity contribution in [3.8, 4) is 34.0 Å². The molecule has 0 aliphatic heterocycles. The van der Waals surface area contributed by atoms with E-state index in [4.69, 9.17) is 9.40 Å². The Labute approximate surface area is 258 Å². The highest BCUT2D eigenvalue weighted by molar-refractivity contribution is 7.92. The van der Waals surface area contributed by atoms with E-state index in [0.717, 1.165) is 16.1 Å². The number of alkyl halides is 1. The molecule has 0 radical (unpaired) electrons. The monoisotopic (exact) mass is 629 g/mol. The minimum absolute atomic E-state index is 0.0627. The Bertz CT molecular complexity index is 2180. The summed E-state index contributed by atoms with van der Waals surface area (Å²) in [6.07, 6.45) is 3.78. The van der Waals surface area contributed by atoms with Crippen LogP contribution in [-0.2, 0) is 10.0 Å².